The van der Waals surface area contributed by atoms with Crippen LogP contribution in [0.4, 0.5) is 0 Å². The SMILES string of the molecule is CCOC1CC(N)(C(=O)N(C)CCOc2ccc(Br)cc2)C1(C)C. The molecule has 6 heteroatoms. The van der Waals surface area contributed by atoms with E-state index in [9.17, 15) is 4.79 Å². The van der Waals surface area contributed by atoms with Gasteiger partial charge in [-0.3, -0.25) is 4.79 Å². The van der Waals surface area contributed by atoms with Gasteiger partial charge >= 0.3 is 0 Å². The molecule has 0 aliphatic heterocycles. The quantitative estimate of drug-likeness (QED) is 0.766. The molecule has 2 atom stereocenters. The second-order valence-electron chi connectivity index (χ2n) is 6.87. The van der Waals surface area contributed by atoms with E-state index in [-0.39, 0.29) is 17.4 Å². The molecule has 0 saturated heterocycles. The molecule has 2 unspecified atom stereocenters. The molecule has 1 aromatic rings. The maximum Gasteiger partial charge on any atom is 0.243 e. The molecule has 2 N–H and O–H groups in total. The van der Waals surface area contributed by atoms with Crippen molar-refractivity contribution < 1.29 is 14.3 Å². The number of hydrogen-bond donors (Lipinski definition) is 1. The highest BCUT2D eigenvalue weighted by atomic mass is 79.9. The molecule has 134 valence electrons. The van der Waals surface area contributed by atoms with Crippen LogP contribution in [-0.2, 0) is 9.53 Å². The highest BCUT2D eigenvalue weighted by Gasteiger charge is 2.63. The van der Waals surface area contributed by atoms with Gasteiger partial charge in [-0.25, -0.2) is 0 Å². The minimum absolute atomic E-state index is 0.0314. The lowest BCUT2D eigenvalue weighted by Crippen LogP contribution is -2.75. The Morgan fingerprint density at radius 2 is 2.00 bits per heavy atom. The van der Waals surface area contributed by atoms with Gasteiger partial charge in [0.2, 0.25) is 5.91 Å². The van der Waals surface area contributed by atoms with E-state index in [0.29, 0.717) is 26.2 Å². The first-order valence-electron chi connectivity index (χ1n) is 8.26. The van der Waals surface area contributed by atoms with Crippen LogP contribution in [0.5, 0.6) is 5.75 Å². The van der Waals surface area contributed by atoms with E-state index in [4.69, 9.17) is 15.2 Å². The molecule has 0 spiro atoms. The first-order chi connectivity index (χ1) is 11.2. The Hall–Kier alpha value is -1.11. The highest BCUT2D eigenvalue weighted by molar-refractivity contribution is 9.10. The highest BCUT2D eigenvalue weighted by Crippen LogP contribution is 2.50. The molecule has 1 amide bonds. The lowest BCUT2D eigenvalue weighted by Gasteiger charge is -2.58. The summed E-state index contributed by atoms with van der Waals surface area (Å²) in [5.74, 6) is 0.727. The van der Waals surface area contributed by atoms with Gasteiger partial charge in [0.05, 0.1) is 12.6 Å². The fourth-order valence-electron chi connectivity index (χ4n) is 3.07. The summed E-state index contributed by atoms with van der Waals surface area (Å²) in [6, 6.07) is 7.61. The van der Waals surface area contributed by atoms with Gasteiger partial charge in [0.25, 0.3) is 0 Å². The smallest absolute Gasteiger partial charge is 0.243 e. The summed E-state index contributed by atoms with van der Waals surface area (Å²) < 4.78 is 12.4. The van der Waals surface area contributed by atoms with Crippen LogP contribution in [0.1, 0.15) is 27.2 Å². The topological polar surface area (TPSA) is 64.8 Å². The minimum Gasteiger partial charge on any atom is -0.492 e. The number of hydrogen-bond acceptors (Lipinski definition) is 4. The summed E-state index contributed by atoms with van der Waals surface area (Å²) in [4.78, 5) is 14.4. The molecule has 5 nitrogen and oxygen atoms in total. The lowest BCUT2D eigenvalue weighted by atomic mass is 9.54. The van der Waals surface area contributed by atoms with Gasteiger partial charge in [0.15, 0.2) is 0 Å². The predicted molar refractivity (Wildman–Crippen MR) is 98.0 cm³/mol. The standard InChI is InChI=1S/C18H27BrN2O3/c1-5-23-15-12-18(20,17(15,2)3)16(22)21(4)10-11-24-14-8-6-13(19)7-9-14/h6-9,15H,5,10-12,20H2,1-4H3. The fraction of sp³-hybridized carbons (Fsp3) is 0.611. The second kappa shape index (κ2) is 7.42. The maximum atomic E-state index is 12.8. The molecule has 1 fully saturated rings. The van der Waals surface area contributed by atoms with Gasteiger partial charge in [-0.1, -0.05) is 29.8 Å². The number of nitrogens with zero attached hydrogens (tertiary/aromatic N) is 1. The zero-order chi connectivity index (χ0) is 18.0. The Bertz CT molecular complexity index is 576. The van der Waals surface area contributed by atoms with Crippen LogP contribution in [-0.4, -0.2) is 49.3 Å². The number of carbonyl (C=O) groups is 1. The Kier molecular flexibility index (Phi) is 5.94. The largest absolute Gasteiger partial charge is 0.492 e. The average molecular weight is 399 g/mol. The van der Waals surface area contributed by atoms with Crippen LogP contribution >= 0.6 is 15.9 Å². The molecule has 2 rings (SSSR count). The van der Waals surface area contributed by atoms with Crippen molar-refractivity contribution in [1.82, 2.24) is 4.90 Å². The zero-order valence-corrected chi connectivity index (χ0v) is 16.4. The predicted octanol–water partition coefficient (Wildman–Crippen LogP) is 2.82. The monoisotopic (exact) mass is 398 g/mol. The van der Waals surface area contributed by atoms with E-state index in [1.807, 2.05) is 45.0 Å². The normalized spacial score (nSPS) is 25.0. The van der Waals surface area contributed by atoms with Gasteiger partial charge in [-0.15, -0.1) is 0 Å². The third-order valence-electron chi connectivity index (χ3n) is 5.07. The van der Waals surface area contributed by atoms with E-state index < -0.39 is 5.54 Å². The van der Waals surface area contributed by atoms with Crippen molar-refractivity contribution in [3.05, 3.63) is 28.7 Å². The third kappa shape index (κ3) is 3.60. The molecule has 24 heavy (non-hydrogen) atoms. The van der Waals surface area contributed by atoms with E-state index >= 15 is 0 Å². The number of likely N-dealkylation sites (N-methyl/N-ethyl adjacent to an activating group) is 1. The number of ether oxygens (including phenoxy) is 2. The molecule has 1 aliphatic rings. The van der Waals surface area contributed by atoms with Crippen molar-refractivity contribution in [3.8, 4) is 5.75 Å². The second-order valence-corrected chi connectivity index (χ2v) is 7.79. The van der Waals surface area contributed by atoms with Crippen molar-refractivity contribution in [3.63, 3.8) is 0 Å². The minimum atomic E-state index is -0.876. The van der Waals surface area contributed by atoms with E-state index in [1.165, 1.54) is 0 Å². The van der Waals surface area contributed by atoms with Gasteiger partial charge in [-0.05, 0) is 31.2 Å². The molecule has 0 radical (unpaired) electrons. The fourth-order valence-corrected chi connectivity index (χ4v) is 3.34. The van der Waals surface area contributed by atoms with Gasteiger partial charge < -0.3 is 20.1 Å². The number of amides is 1. The third-order valence-corrected chi connectivity index (χ3v) is 5.60. The summed E-state index contributed by atoms with van der Waals surface area (Å²) in [6.07, 6.45) is 0.591. The maximum absolute atomic E-state index is 12.8. The molecule has 0 bridgehead atoms. The van der Waals surface area contributed by atoms with Gasteiger partial charge in [0.1, 0.15) is 17.9 Å². The summed E-state index contributed by atoms with van der Waals surface area (Å²) in [5, 5.41) is 0. The van der Waals surface area contributed by atoms with Crippen LogP contribution < -0.4 is 10.5 Å². The number of halogens is 1. The molecular weight excluding hydrogens is 372 g/mol. The van der Waals surface area contributed by atoms with Crippen LogP contribution in [0.25, 0.3) is 0 Å². The zero-order valence-electron chi connectivity index (χ0n) is 14.8. The van der Waals surface area contributed by atoms with E-state index in [1.54, 1.807) is 11.9 Å². The lowest BCUT2D eigenvalue weighted by molar-refractivity contribution is -0.178. The van der Waals surface area contributed by atoms with Crippen LogP contribution in [0.2, 0.25) is 0 Å². The van der Waals surface area contributed by atoms with Gasteiger partial charge in [-0.2, -0.15) is 0 Å². The van der Waals surface area contributed by atoms with E-state index in [0.717, 1.165) is 10.2 Å². The Morgan fingerprint density at radius 3 is 2.54 bits per heavy atom. The molecule has 0 heterocycles. The molecule has 1 aliphatic carbocycles. The number of nitrogens with two attached hydrogens (primary N) is 1. The average Bonchev–Trinajstić information content (AvgIpc) is 2.55. The van der Waals surface area contributed by atoms with Crippen molar-refractivity contribution in [1.29, 1.82) is 0 Å². The summed E-state index contributed by atoms with van der Waals surface area (Å²) in [5.41, 5.74) is 5.18. The van der Waals surface area contributed by atoms with Crippen LogP contribution in [0.3, 0.4) is 0 Å². The number of benzene rings is 1. The molecular formula is C18H27BrN2O3. The summed E-state index contributed by atoms with van der Waals surface area (Å²) >= 11 is 3.39. The Labute approximate surface area is 152 Å². The van der Waals surface area contributed by atoms with Crippen molar-refractivity contribution in [2.45, 2.75) is 38.8 Å². The summed E-state index contributed by atoms with van der Waals surface area (Å²) in [7, 11) is 1.77. The number of carbonyl (C=O) groups excluding carboxylic acids is 1. The first-order valence-corrected chi connectivity index (χ1v) is 9.06. The van der Waals surface area contributed by atoms with Crippen LogP contribution in [0.15, 0.2) is 28.7 Å². The van der Waals surface area contributed by atoms with Crippen molar-refractivity contribution in [2.75, 3.05) is 26.8 Å². The first kappa shape index (κ1) is 19.2. The van der Waals surface area contributed by atoms with Crippen molar-refractivity contribution >= 4 is 21.8 Å². The van der Waals surface area contributed by atoms with E-state index in [2.05, 4.69) is 15.9 Å². The summed E-state index contributed by atoms with van der Waals surface area (Å²) in [6.45, 7) is 7.51. The Balaban J connectivity index is 1.87. The van der Waals surface area contributed by atoms with Crippen LogP contribution in [0, 0.1) is 5.41 Å². The van der Waals surface area contributed by atoms with Crippen molar-refractivity contribution in [2.24, 2.45) is 11.1 Å². The molecule has 0 aromatic heterocycles. The number of rotatable bonds is 7. The molecule has 1 aromatic carbocycles. The van der Waals surface area contributed by atoms with Gasteiger partial charge in [0, 0.05) is 30.0 Å². The Morgan fingerprint density at radius 1 is 1.38 bits per heavy atom. The molecule has 1 saturated carbocycles.